The lowest BCUT2D eigenvalue weighted by Gasteiger charge is -2.04. The van der Waals surface area contributed by atoms with Crippen LogP contribution in [-0.2, 0) is 14.3 Å². The van der Waals surface area contributed by atoms with Gasteiger partial charge in [-0.05, 0) is 29.9 Å². The summed E-state index contributed by atoms with van der Waals surface area (Å²) in [5, 5.41) is 9.35. The summed E-state index contributed by atoms with van der Waals surface area (Å²) in [5.74, 6) is -0.851. The number of ketones is 1. The van der Waals surface area contributed by atoms with Crippen LogP contribution in [0.3, 0.4) is 0 Å². The molecule has 0 N–H and O–H groups in total. The van der Waals surface area contributed by atoms with Crippen molar-refractivity contribution in [3.63, 3.8) is 0 Å². The molecule has 1 aliphatic rings. The smallest absolute Gasteiger partial charge is 0.349 e. The number of hydrogen-bond donors (Lipinski definition) is 0. The average Bonchev–Trinajstić information content (AvgIpc) is 2.30. The molecule has 0 heterocycles. The molecule has 5 heteroatoms. The van der Waals surface area contributed by atoms with Gasteiger partial charge >= 0.3 is 5.97 Å². The number of hydrogen-bond acceptors (Lipinski definition) is 4. The lowest BCUT2D eigenvalue weighted by Crippen LogP contribution is -2.10. The molecular formula is C11H8BrNO3. The van der Waals surface area contributed by atoms with Crippen molar-refractivity contribution in [2.45, 2.75) is 0 Å². The number of carbonyl (C=O) groups excluding carboxylic acids is 2. The summed E-state index contributed by atoms with van der Waals surface area (Å²) in [7, 11) is 0. The molecule has 0 saturated heterocycles. The number of nitriles is 1. The van der Waals surface area contributed by atoms with Crippen LogP contribution in [0.5, 0.6) is 0 Å². The van der Waals surface area contributed by atoms with Crippen LogP contribution in [-0.4, -0.2) is 23.7 Å². The topological polar surface area (TPSA) is 67.2 Å². The predicted molar refractivity (Wildman–Crippen MR) is 60.7 cm³/mol. The number of halogens is 1. The molecule has 0 aliphatic heterocycles. The van der Waals surface area contributed by atoms with E-state index in [1.807, 2.05) is 0 Å². The Morgan fingerprint density at radius 1 is 1.38 bits per heavy atom. The van der Waals surface area contributed by atoms with Crippen molar-refractivity contribution in [2.24, 2.45) is 0 Å². The molecule has 0 aromatic heterocycles. The van der Waals surface area contributed by atoms with Gasteiger partial charge in [0.05, 0.1) is 0 Å². The summed E-state index contributed by atoms with van der Waals surface area (Å²) in [5.41, 5.74) is 0.294. The Bertz CT molecular complexity index is 423. The fourth-order valence-electron chi connectivity index (χ4n) is 1.05. The van der Waals surface area contributed by atoms with Gasteiger partial charge in [-0.3, -0.25) is 4.79 Å². The Kier molecular flexibility index (Phi) is 4.67. The van der Waals surface area contributed by atoms with E-state index in [2.05, 4.69) is 15.9 Å². The highest BCUT2D eigenvalue weighted by atomic mass is 79.9. The summed E-state index contributed by atoms with van der Waals surface area (Å²) in [6, 6.07) is 1.77. The van der Waals surface area contributed by atoms with Crippen LogP contribution >= 0.6 is 15.9 Å². The largest absolute Gasteiger partial charge is 0.461 e. The minimum atomic E-state index is -0.680. The number of nitrogens with zero attached hydrogens (tertiary/aromatic N) is 1. The van der Waals surface area contributed by atoms with E-state index < -0.39 is 5.97 Å². The minimum absolute atomic E-state index is 0.0963. The van der Waals surface area contributed by atoms with Gasteiger partial charge in [0.15, 0.2) is 5.78 Å². The van der Waals surface area contributed by atoms with Crippen molar-refractivity contribution in [1.29, 1.82) is 5.26 Å². The fraction of sp³-hybridized carbons (Fsp3) is 0.182. The Morgan fingerprint density at radius 2 is 2.00 bits per heavy atom. The van der Waals surface area contributed by atoms with E-state index in [4.69, 9.17) is 10.00 Å². The van der Waals surface area contributed by atoms with Crippen molar-refractivity contribution < 1.29 is 14.3 Å². The maximum absolute atomic E-state index is 11.4. The fourth-order valence-corrected chi connectivity index (χ4v) is 1.21. The van der Waals surface area contributed by atoms with E-state index in [9.17, 15) is 9.59 Å². The van der Waals surface area contributed by atoms with Gasteiger partial charge in [0.25, 0.3) is 0 Å². The average molecular weight is 282 g/mol. The van der Waals surface area contributed by atoms with E-state index in [1.165, 1.54) is 24.3 Å². The van der Waals surface area contributed by atoms with Gasteiger partial charge in [-0.25, -0.2) is 4.79 Å². The third-order valence-electron chi connectivity index (χ3n) is 1.77. The first-order valence-electron chi connectivity index (χ1n) is 4.46. The summed E-state index contributed by atoms with van der Waals surface area (Å²) in [6.45, 7) is 0.198. The molecule has 0 fully saturated rings. The second-order valence-corrected chi connectivity index (χ2v) is 3.63. The molecule has 1 rings (SSSR count). The second-order valence-electron chi connectivity index (χ2n) is 2.84. The zero-order valence-corrected chi connectivity index (χ0v) is 9.86. The van der Waals surface area contributed by atoms with E-state index >= 15 is 0 Å². The molecule has 82 valence electrons. The predicted octanol–water partition coefficient (Wildman–Crippen LogP) is 1.44. The lowest BCUT2D eigenvalue weighted by atomic mass is 10.0. The van der Waals surface area contributed by atoms with Gasteiger partial charge in [0.1, 0.15) is 18.2 Å². The summed E-state index contributed by atoms with van der Waals surface area (Å²) < 4.78 is 4.81. The number of alkyl halides is 1. The van der Waals surface area contributed by atoms with Crippen molar-refractivity contribution in [2.75, 3.05) is 11.9 Å². The van der Waals surface area contributed by atoms with Gasteiger partial charge in [0.2, 0.25) is 0 Å². The highest BCUT2D eigenvalue weighted by Crippen LogP contribution is 2.13. The van der Waals surface area contributed by atoms with Crippen molar-refractivity contribution >= 4 is 27.7 Å². The van der Waals surface area contributed by atoms with Crippen molar-refractivity contribution in [3.05, 3.63) is 35.5 Å². The second kappa shape index (κ2) is 6.03. The maximum atomic E-state index is 11.4. The number of allylic oxidation sites excluding steroid dienone is 5. The van der Waals surface area contributed by atoms with Gasteiger partial charge in [0, 0.05) is 5.33 Å². The van der Waals surface area contributed by atoms with E-state index in [1.54, 1.807) is 6.07 Å². The normalized spacial score (nSPS) is 13.5. The van der Waals surface area contributed by atoms with Gasteiger partial charge in [-0.2, -0.15) is 5.26 Å². The third-order valence-corrected chi connectivity index (χ3v) is 2.09. The molecule has 1 aliphatic carbocycles. The Hall–Kier alpha value is -1.67. The van der Waals surface area contributed by atoms with Gasteiger partial charge in [-0.15, -0.1) is 0 Å². The molecule has 0 amide bonds. The first-order chi connectivity index (χ1) is 7.69. The third kappa shape index (κ3) is 3.17. The number of esters is 1. The minimum Gasteiger partial charge on any atom is -0.461 e. The molecule has 0 atom stereocenters. The van der Waals surface area contributed by atoms with Crippen LogP contribution in [0, 0.1) is 11.3 Å². The van der Waals surface area contributed by atoms with Crippen molar-refractivity contribution in [3.8, 4) is 6.07 Å². The van der Waals surface area contributed by atoms with Crippen LogP contribution in [0.4, 0.5) is 0 Å². The van der Waals surface area contributed by atoms with Gasteiger partial charge < -0.3 is 4.74 Å². The molecular weight excluding hydrogens is 274 g/mol. The Balaban J connectivity index is 2.90. The number of carbonyl (C=O) groups is 2. The van der Waals surface area contributed by atoms with Crippen LogP contribution < -0.4 is 0 Å². The van der Waals surface area contributed by atoms with E-state index in [-0.39, 0.29) is 18.0 Å². The molecule has 16 heavy (non-hydrogen) atoms. The summed E-state index contributed by atoms with van der Waals surface area (Å²) in [4.78, 5) is 22.3. The highest BCUT2D eigenvalue weighted by molar-refractivity contribution is 9.09. The molecule has 0 aromatic rings. The first kappa shape index (κ1) is 12.4. The van der Waals surface area contributed by atoms with Crippen LogP contribution in [0.15, 0.2) is 35.5 Å². The van der Waals surface area contributed by atoms with Crippen molar-refractivity contribution in [1.82, 2.24) is 0 Å². The first-order valence-corrected chi connectivity index (χ1v) is 5.58. The van der Waals surface area contributed by atoms with E-state index in [0.29, 0.717) is 10.9 Å². The Labute approximate surface area is 101 Å². The van der Waals surface area contributed by atoms with E-state index in [0.717, 1.165) is 0 Å². The number of rotatable bonds is 3. The standard InChI is InChI=1S/C11H8BrNO3/c12-5-6-16-11(15)10(7-13)8-1-3-9(14)4-2-8/h1-4H,5-6H2. The van der Waals surface area contributed by atoms with Crippen LogP contribution in [0.2, 0.25) is 0 Å². The number of ether oxygens (including phenoxy) is 1. The molecule has 0 bridgehead atoms. The van der Waals surface area contributed by atoms with Crippen LogP contribution in [0.1, 0.15) is 0 Å². The molecule has 0 aromatic carbocycles. The molecule has 4 nitrogen and oxygen atoms in total. The highest BCUT2D eigenvalue weighted by Gasteiger charge is 2.15. The van der Waals surface area contributed by atoms with Gasteiger partial charge in [-0.1, -0.05) is 15.9 Å². The lowest BCUT2D eigenvalue weighted by molar-refractivity contribution is -0.137. The molecule has 0 spiro atoms. The zero-order valence-electron chi connectivity index (χ0n) is 8.27. The molecule has 0 radical (unpaired) electrons. The quantitative estimate of drug-likeness (QED) is 0.340. The molecule has 0 saturated carbocycles. The summed E-state index contributed by atoms with van der Waals surface area (Å²) in [6.07, 6.45) is 5.45. The monoisotopic (exact) mass is 281 g/mol. The molecule has 0 unspecified atom stereocenters. The zero-order chi connectivity index (χ0) is 12.0. The SMILES string of the molecule is N#CC(C(=O)OCCBr)=C1C=CC(=O)C=C1. The maximum Gasteiger partial charge on any atom is 0.349 e. The Morgan fingerprint density at radius 3 is 2.50 bits per heavy atom. The summed E-state index contributed by atoms with van der Waals surface area (Å²) >= 11 is 3.10. The van der Waals surface area contributed by atoms with Crippen LogP contribution in [0.25, 0.3) is 0 Å².